The van der Waals surface area contributed by atoms with Crippen LogP contribution in [0.1, 0.15) is 38.7 Å². The molecule has 0 amide bonds. The van der Waals surface area contributed by atoms with Crippen molar-refractivity contribution in [2.24, 2.45) is 17.8 Å². The van der Waals surface area contributed by atoms with Crippen molar-refractivity contribution in [1.29, 1.82) is 0 Å². The van der Waals surface area contributed by atoms with Crippen LogP contribution in [0.25, 0.3) is 0 Å². The molecular formula is C16H22ClFO. The van der Waals surface area contributed by atoms with Gasteiger partial charge in [0.05, 0.1) is 11.1 Å². The third-order valence-electron chi connectivity index (χ3n) is 4.22. The average Bonchev–Trinajstić information content (AvgIpc) is 2.33. The first-order chi connectivity index (χ1) is 8.97. The minimum Gasteiger partial charge on any atom is -0.392 e. The lowest BCUT2D eigenvalue weighted by atomic mass is 9.73. The molecule has 2 rings (SSSR count). The third kappa shape index (κ3) is 3.70. The first-order valence-corrected chi connectivity index (χ1v) is 7.46. The Morgan fingerprint density at radius 1 is 1.26 bits per heavy atom. The molecule has 1 N–H and O–H groups in total. The van der Waals surface area contributed by atoms with Gasteiger partial charge in [0.15, 0.2) is 0 Å². The van der Waals surface area contributed by atoms with E-state index in [9.17, 15) is 9.50 Å². The van der Waals surface area contributed by atoms with E-state index in [1.807, 2.05) is 0 Å². The van der Waals surface area contributed by atoms with Crippen molar-refractivity contribution < 1.29 is 9.50 Å². The van der Waals surface area contributed by atoms with E-state index in [2.05, 4.69) is 13.8 Å². The van der Waals surface area contributed by atoms with Gasteiger partial charge in [-0.3, -0.25) is 0 Å². The van der Waals surface area contributed by atoms with Crippen molar-refractivity contribution in [1.82, 2.24) is 0 Å². The molecule has 1 aliphatic carbocycles. The predicted octanol–water partition coefficient (Wildman–Crippen LogP) is 4.45. The molecule has 19 heavy (non-hydrogen) atoms. The monoisotopic (exact) mass is 284 g/mol. The van der Waals surface area contributed by atoms with Crippen LogP contribution < -0.4 is 0 Å². The summed E-state index contributed by atoms with van der Waals surface area (Å²) in [6, 6.07) is 4.98. The molecule has 1 aliphatic rings. The Balaban J connectivity index is 2.04. The second-order valence-electron chi connectivity index (χ2n) is 6.16. The van der Waals surface area contributed by atoms with Gasteiger partial charge in [0.2, 0.25) is 0 Å². The van der Waals surface area contributed by atoms with Gasteiger partial charge in [0, 0.05) is 6.42 Å². The average molecular weight is 285 g/mol. The molecule has 0 radical (unpaired) electrons. The van der Waals surface area contributed by atoms with Crippen molar-refractivity contribution in [3.63, 3.8) is 0 Å². The standard InChI is InChI=1S/C16H22ClFO/c1-10-6-11(2)8-13(7-10)15(19)9-12-4-3-5-14(17)16(12)18/h3-5,10-11,13,15,19H,6-9H2,1-2H3. The van der Waals surface area contributed by atoms with Gasteiger partial charge in [0.1, 0.15) is 5.82 Å². The zero-order chi connectivity index (χ0) is 14.0. The summed E-state index contributed by atoms with van der Waals surface area (Å²) in [7, 11) is 0. The number of hydrogen-bond acceptors (Lipinski definition) is 1. The van der Waals surface area contributed by atoms with Gasteiger partial charge in [-0.15, -0.1) is 0 Å². The van der Waals surface area contributed by atoms with E-state index in [0.717, 1.165) is 12.8 Å². The van der Waals surface area contributed by atoms with Crippen molar-refractivity contribution in [3.8, 4) is 0 Å². The molecule has 0 bridgehead atoms. The number of benzene rings is 1. The van der Waals surface area contributed by atoms with Crippen LogP contribution >= 0.6 is 11.6 Å². The van der Waals surface area contributed by atoms with Gasteiger partial charge in [-0.25, -0.2) is 4.39 Å². The molecular weight excluding hydrogens is 263 g/mol. The van der Waals surface area contributed by atoms with Gasteiger partial charge in [-0.2, -0.15) is 0 Å². The summed E-state index contributed by atoms with van der Waals surface area (Å²) in [6.45, 7) is 4.46. The van der Waals surface area contributed by atoms with E-state index < -0.39 is 6.10 Å². The summed E-state index contributed by atoms with van der Waals surface area (Å²) in [5, 5.41) is 10.5. The minimum absolute atomic E-state index is 0.134. The molecule has 3 atom stereocenters. The fourth-order valence-corrected chi connectivity index (χ4v) is 3.62. The predicted molar refractivity (Wildman–Crippen MR) is 76.8 cm³/mol. The molecule has 0 aliphatic heterocycles. The Morgan fingerprint density at radius 3 is 2.53 bits per heavy atom. The molecule has 0 aromatic heterocycles. The SMILES string of the molecule is CC1CC(C)CC(C(O)Cc2cccc(Cl)c2F)C1. The maximum absolute atomic E-state index is 13.8. The van der Waals surface area contributed by atoms with Crippen LogP contribution in [-0.4, -0.2) is 11.2 Å². The zero-order valence-corrected chi connectivity index (χ0v) is 12.3. The molecule has 1 aromatic carbocycles. The van der Waals surface area contributed by atoms with E-state index in [4.69, 9.17) is 11.6 Å². The minimum atomic E-state index is -0.474. The molecule has 106 valence electrons. The van der Waals surface area contributed by atoms with Crippen molar-refractivity contribution in [2.45, 2.75) is 45.6 Å². The Kier molecular flexibility index (Phi) is 4.86. The topological polar surface area (TPSA) is 20.2 Å². The Labute approximate surface area is 119 Å². The molecule has 3 heteroatoms. The van der Waals surface area contributed by atoms with Crippen LogP contribution in [0.3, 0.4) is 0 Å². The number of rotatable bonds is 3. The van der Waals surface area contributed by atoms with Crippen LogP contribution in [0.15, 0.2) is 18.2 Å². The Morgan fingerprint density at radius 2 is 1.89 bits per heavy atom. The highest BCUT2D eigenvalue weighted by molar-refractivity contribution is 6.30. The van der Waals surface area contributed by atoms with E-state index >= 15 is 0 Å². The number of hydrogen-bond donors (Lipinski definition) is 1. The van der Waals surface area contributed by atoms with Crippen molar-refractivity contribution in [3.05, 3.63) is 34.6 Å². The quantitative estimate of drug-likeness (QED) is 0.869. The largest absolute Gasteiger partial charge is 0.392 e. The maximum atomic E-state index is 13.8. The van der Waals surface area contributed by atoms with Crippen LogP contribution in [0.5, 0.6) is 0 Å². The van der Waals surface area contributed by atoms with Gasteiger partial charge < -0.3 is 5.11 Å². The van der Waals surface area contributed by atoms with Gasteiger partial charge in [-0.1, -0.05) is 37.6 Å². The fourth-order valence-electron chi connectivity index (χ4n) is 3.42. The summed E-state index contributed by atoms with van der Waals surface area (Å²) < 4.78 is 13.8. The van der Waals surface area contributed by atoms with Crippen LogP contribution in [0.4, 0.5) is 4.39 Å². The molecule has 1 nitrogen and oxygen atoms in total. The van der Waals surface area contributed by atoms with Crippen LogP contribution in [0.2, 0.25) is 5.02 Å². The van der Waals surface area contributed by atoms with E-state index in [-0.39, 0.29) is 16.8 Å². The highest BCUT2D eigenvalue weighted by Crippen LogP contribution is 2.35. The summed E-state index contributed by atoms with van der Waals surface area (Å²) in [6.07, 6.45) is 3.19. The van der Waals surface area contributed by atoms with E-state index in [1.54, 1.807) is 12.1 Å². The molecule has 0 saturated heterocycles. The Hall–Kier alpha value is -0.600. The van der Waals surface area contributed by atoms with Gasteiger partial charge in [0.25, 0.3) is 0 Å². The molecule has 0 heterocycles. The van der Waals surface area contributed by atoms with Crippen LogP contribution in [0, 0.1) is 23.6 Å². The smallest absolute Gasteiger partial charge is 0.145 e. The van der Waals surface area contributed by atoms with Crippen LogP contribution in [-0.2, 0) is 6.42 Å². The molecule has 1 aromatic rings. The summed E-state index contributed by atoms with van der Waals surface area (Å²) >= 11 is 5.77. The normalized spacial score (nSPS) is 29.2. The second kappa shape index (κ2) is 6.23. The van der Waals surface area contributed by atoms with E-state index in [0.29, 0.717) is 23.8 Å². The number of aliphatic hydroxyl groups is 1. The lowest BCUT2D eigenvalue weighted by Crippen LogP contribution is -2.30. The lowest BCUT2D eigenvalue weighted by molar-refractivity contribution is 0.0555. The summed E-state index contributed by atoms with van der Waals surface area (Å²) in [5.41, 5.74) is 0.519. The van der Waals surface area contributed by atoms with Crippen molar-refractivity contribution in [2.75, 3.05) is 0 Å². The molecule has 3 unspecified atom stereocenters. The first-order valence-electron chi connectivity index (χ1n) is 7.08. The van der Waals surface area contributed by atoms with E-state index in [1.165, 1.54) is 12.5 Å². The van der Waals surface area contributed by atoms with Gasteiger partial charge >= 0.3 is 0 Å². The number of halogens is 2. The zero-order valence-electron chi connectivity index (χ0n) is 11.6. The summed E-state index contributed by atoms with van der Waals surface area (Å²) in [4.78, 5) is 0. The van der Waals surface area contributed by atoms with Crippen molar-refractivity contribution >= 4 is 11.6 Å². The lowest BCUT2D eigenvalue weighted by Gasteiger charge is -2.34. The first kappa shape index (κ1) is 14.8. The Bertz CT molecular complexity index is 425. The highest BCUT2D eigenvalue weighted by atomic mass is 35.5. The number of aliphatic hydroxyl groups excluding tert-OH is 1. The second-order valence-corrected chi connectivity index (χ2v) is 6.57. The maximum Gasteiger partial charge on any atom is 0.145 e. The highest BCUT2D eigenvalue weighted by Gasteiger charge is 2.29. The fraction of sp³-hybridized carbons (Fsp3) is 0.625. The third-order valence-corrected chi connectivity index (χ3v) is 4.51. The summed E-state index contributed by atoms with van der Waals surface area (Å²) in [5.74, 6) is 1.18. The molecule has 1 fully saturated rings. The van der Waals surface area contributed by atoms with Gasteiger partial charge in [-0.05, 0) is 48.6 Å². The molecule has 0 spiro atoms. The molecule has 1 saturated carbocycles.